The number of hydrogen-bond acceptors (Lipinski definition) is 4. The van der Waals surface area contributed by atoms with E-state index < -0.39 is 35.1 Å². The fourth-order valence-corrected chi connectivity index (χ4v) is 1.32. The highest BCUT2D eigenvalue weighted by molar-refractivity contribution is 5.97. The Bertz CT molecular complexity index is 506. The maximum atomic E-state index is 13.5. The third-order valence-corrected chi connectivity index (χ3v) is 2.50. The van der Waals surface area contributed by atoms with Crippen molar-refractivity contribution in [3.63, 3.8) is 0 Å². The number of hydrogen-bond donors (Lipinski definition) is 2. The van der Waals surface area contributed by atoms with Crippen LogP contribution in [-0.2, 0) is 9.53 Å². The van der Waals surface area contributed by atoms with Crippen molar-refractivity contribution in [3.8, 4) is 0 Å². The Labute approximate surface area is 108 Å². The van der Waals surface area contributed by atoms with Crippen LogP contribution in [0.5, 0.6) is 0 Å². The lowest BCUT2D eigenvalue weighted by Crippen LogP contribution is -2.35. The molecule has 0 radical (unpaired) electrons. The third kappa shape index (κ3) is 3.47. The largest absolute Gasteiger partial charge is 0.465 e. The molecule has 1 aromatic carbocycles. The maximum Gasteiger partial charge on any atom is 0.340 e. The summed E-state index contributed by atoms with van der Waals surface area (Å²) in [5.74, 6) is -3.65. The molecular formula is C12H14F2N2O3. The Kier molecular flexibility index (Phi) is 4.94. The van der Waals surface area contributed by atoms with E-state index in [0.717, 1.165) is 13.2 Å². The summed E-state index contributed by atoms with van der Waals surface area (Å²) in [6.07, 6.45) is 0.360. The molecular weight excluding hydrogens is 258 g/mol. The number of halogens is 2. The highest BCUT2D eigenvalue weighted by atomic mass is 19.1. The molecule has 0 bridgehead atoms. The first kappa shape index (κ1) is 15.0. The van der Waals surface area contributed by atoms with Gasteiger partial charge < -0.3 is 15.8 Å². The number of benzene rings is 1. The zero-order valence-corrected chi connectivity index (χ0v) is 10.5. The molecule has 7 heteroatoms. The van der Waals surface area contributed by atoms with Gasteiger partial charge in [-0.15, -0.1) is 0 Å². The minimum Gasteiger partial charge on any atom is -0.465 e. The van der Waals surface area contributed by atoms with Crippen LogP contribution >= 0.6 is 0 Å². The fraction of sp³-hybridized carbons (Fsp3) is 0.333. The van der Waals surface area contributed by atoms with E-state index in [0.29, 0.717) is 12.5 Å². The van der Waals surface area contributed by atoms with Crippen LogP contribution in [0.25, 0.3) is 0 Å². The normalized spacial score (nSPS) is 11.8. The van der Waals surface area contributed by atoms with Crippen LogP contribution in [0.15, 0.2) is 12.1 Å². The summed E-state index contributed by atoms with van der Waals surface area (Å²) < 4.78 is 31.2. The van der Waals surface area contributed by atoms with Crippen LogP contribution in [0.4, 0.5) is 14.5 Å². The first-order valence-electron chi connectivity index (χ1n) is 5.54. The van der Waals surface area contributed by atoms with E-state index >= 15 is 0 Å². The van der Waals surface area contributed by atoms with Crippen LogP contribution in [0, 0.1) is 11.6 Å². The van der Waals surface area contributed by atoms with Gasteiger partial charge >= 0.3 is 5.97 Å². The highest BCUT2D eigenvalue weighted by Crippen LogP contribution is 2.20. The summed E-state index contributed by atoms with van der Waals surface area (Å²) in [6.45, 7) is 1.69. The van der Waals surface area contributed by atoms with Crippen LogP contribution in [0.1, 0.15) is 23.7 Å². The molecule has 0 fully saturated rings. The fourth-order valence-electron chi connectivity index (χ4n) is 1.32. The Morgan fingerprint density at radius 2 is 2.00 bits per heavy atom. The molecule has 3 N–H and O–H groups in total. The zero-order valence-electron chi connectivity index (χ0n) is 10.5. The number of rotatable bonds is 4. The average molecular weight is 272 g/mol. The second-order valence-corrected chi connectivity index (χ2v) is 3.81. The standard InChI is InChI=1S/C12H14F2N2O3/c1-3-9(15)11(17)16-10-4-6(12(18)19-2)7(13)5-8(10)14/h4-5,9H,3,15H2,1-2H3,(H,16,17)/t9-/m1/s1. The molecule has 0 aromatic heterocycles. The predicted octanol–water partition coefficient (Wildman–Crippen LogP) is 1.43. The van der Waals surface area contributed by atoms with Gasteiger partial charge in [0.15, 0.2) is 0 Å². The van der Waals surface area contributed by atoms with Crippen molar-refractivity contribution in [2.45, 2.75) is 19.4 Å². The highest BCUT2D eigenvalue weighted by Gasteiger charge is 2.19. The molecule has 0 aliphatic carbocycles. The molecule has 19 heavy (non-hydrogen) atoms. The quantitative estimate of drug-likeness (QED) is 0.812. The summed E-state index contributed by atoms with van der Waals surface area (Å²) in [4.78, 5) is 22.8. The number of esters is 1. The Morgan fingerprint density at radius 1 is 1.37 bits per heavy atom. The van der Waals surface area contributed by atoms with Crippen LogP contribution < -0.4 is 11.1 Å². The summed E-state index contributed by atoms with van der Waals surface area (Å²) in [5, 5.41) is 2.19. The van der Waals surface area contributed by atoms with Crippen molar-refractivity contribution in [1.29, 1.82) is 0 Å². The van der Waals surface area contributed by atoms with E-state index in [4.69, 9.17) is 5.73 Å². The number of carbonyl (C=O) groups excluding carboxylic acids is 2. The van der Waals surface area contributed by atoms with Crippen molar-refractivity contribution in [3.05, 3.63) is 29.3 Å². The summed E-state index contributed by atoms with van der Waals surface area (Å²) in [7, 11) is 1.07. The van der Waals surface area contributed by atoms with Gasteiger partial charge in [-0.2, -0.15) is 0 Å². The second kappa shape index (κ2) is 6.24. The molecule has 1 amide bonds. The van der Waals surface area contributed by atoms with Gasteiger partial charge in [-0.25, -0.2) is 13.6 Å². The first-order chi connectivity index (χ1) is 8.90. The van der Waals surface area contributed by atoms with E-state index in [1.165, 1.54) is 0 Å². The molecule has 1 atom stereocenters. The van der Waals surface area contributed by atoms with Gasteiger partial charge in [0.05, 0.1) is 24.4 Å². The number of nitrogens with two attached hydrogens (primary N) is 1. The van der Waals surface area contributed by atoms with Gasteiger partial charge in [0.2, 0.25) is 5.91 Å². The second-order valence-electron chi connectivity index (χ2n) is 3.81. The summed E-state index contributed by atoms with van der Waals surface area (Å²) >= 11 is 0. The van der Waals surface area contributed by atoms with Gasteiger partial charge in [-0.3, -0.25) is 4.79 Å². The Morgan fingerprint density at radius 3 is 2.53 bits per heavy atom. The molecule has 1 aromatic rings. The minimum absolute atomic E-state index is 0.323. The van der Waals surface area contributed by atoms with Crippen LogP contribution in [0.2, 0.25) is 0 Å². The average Bonchev–Trinajstić information content (AvgIpc) is 2.39. The monoisotopic (exact) mass is 272 g/mol. The van der Waals surface area contributed by atoms with Gasteiger partial charge in [-0.1, -0.05) is 6.92 Å². The molecule has 0 unspecified atom stereocenters. The van der Waals surface area contributed by atoms with Crippen molar-refractivity contribution in [1.82, 2.24) is 0 Å². The van der Waals surface area contributed by atoms with Crippen molar-refractivity contribution in [2.24, 2.45) is 5.73 Å². The van der Waals surface area contributed by atoms with Crippen LogP contribution in [0.3, 0.4) is 0 Å². The van der Waals surface area contributed by atoms with E-state index in [1.54, 1.807) is 6.92 Å². The summed E-state index contributed by atoms with van der Waals surface area (Å²) in [6, 6.07) is 0.557. The molecule has 0 aliphatic rings. The van der Waals surface area contributed by atoms with Crippen molar-refractivity contribution < 1.29 is 23.1 Å². The Balaban J connectivity index is 3.08. The Hall–Kier alpha value is -2.02. The summed E-state index contributed by atoms with van der Waals surface area (Å²) in [5.41, 5.74) is 4.68. The number of amides is 1. The molecule has 104 valence electrons. The van der Waals surface area contributed by atoms with E-state index in [2.05, 4.69) is 10.1 Å². The third-order valence-electron chi connectivity index (χ3n) is 2.50. The first-order valence-corrected chi connectivity index (χ1v) is 5.54. The molecule has 0 saturated carbocycles. The van der Waals surface area contributed by atoms with E-state index in [9.17, 15) is 18.4 Å². The number of carbonyl (C=O) groups is 2. The smallest absolute Gasteiger partial charge is 0.340 e. The van der Waals surface area contributed by atoms with Gasteiger partial charge in [0, 0.05) is 6.07 Å². The number of ether oxygens (including phenoxy) is 1. The SMILES string of the molecule is CC[C@@H](N)C(=O)Nc1cc(C(=O)OC)c(F)cc1F. The zero-order chi connectivity index (χ0) is 14.6. The maximum absolute atomic E-state index is 13.5. The molecule has 0 aliphatic heterocycles. The molecule has 1 rings (SSSR count). The van der Waals surface area contributed by atoms with Crippen molar-refractivity contribution >= 4 is 17.6 Å². The van der Waals surface area contributed by atoms with Gasteiger partial charge in [0.1, 0.15) is 11.6 Å². The number of methoxy groups -OCH3 is 1. The lowest BCUT2D eigenvalue weighted by atomic mass is 10.1. The van der Waals surface area contributed by atoms with Gasteiger partial charge in [-0.05, 0) is 12.5 Å². The van der Waals surface area contributed by atoms with E-state index in [-0.39, 0.29) is 5.69 Å². The lowest BCUT2D eigenvalue weighted by molar-refractivity contribution is -0.117. The van der Waals surface area contributed by atoms with Crippen molar-refractivity contribution in [2.75, 3.05) is 12.4 Å². The van der Waals surface area contributed by atoms with E-state index in [1.807, 2.05) is 0 Å². The molecule has 0 spiro atoms. The predicted molar refractivity (Wildman–Crippen MR) is 64.6 cm³/mol. The molecule has 0 heterocycles. The van der Waals surface area contributed by atoms with Crippen LogP contribution in [-0.4, -0.2) is 25.0 Å². The topological polar surface area (TPSA) is 81.4 Å². The number of nitrogens with one attached hydrogen (secondary N) is 1. The molecule has 0 saturated heterocycles. The minimum atomic E-state index is -1.07. The number of anilines is 1. The van der Waals surface area contributed by atoms with Gasteiger partial charge in [0.25, 0.3) is 0 Å². The molecule has 5 nitrogen and oxygen atoms in total. The lowest BCUT2D eigenvalue weighted by Gasteiger charge is -2.12.